The Morgan fingerprint density at radius 1 is 1.09 bits per heavy atom. The summed E-state index contributed by atoms with van der Waals surface area (Å²) in [6, 6.07) is 11.8. The molecule has 2 aromatic carbocycles. The molecule has 0 saturated heterocycles. The van der Waals surface area contributed by atoms with Gasteiger partial charge in [0.25, 0.3) is 0 Å². The molecule has 2 N–H and O–H groups in total. The molecule has 0 fully saturated rings. The molecule has 6 heteroatoms. The van der Waals surface area contributed by atoms with Gasteiger partial charge in [-0.05, 0) is 37.3 Å². The van der Waals surface area contributed by atoms with Crippen molar-refractivity contribution < 1.29 is 4.39 Å². The van der Waals surface area contributed by atoms with E-state index in [-0.39, 0.29) is 5.02 Å². The Hall–Kier alpha value is -2.04. The van der Waals surface area contributed by atoms with Crippen LogP contribution in [0.3, 0.4) is 0 Å². The lowest BCUT2D eigenvalue weighted by Crippen LogP contribution is -2.03. The largest absolute Gasteiger partial charge is 0.369 e. The number of nitrogens with two attached hydrogens (primary N) is 1. The summed E-state index contributed by atoms with van der Waals surface area (Å²) in [6.07, 6.45) is 0. The lowest BCUT2D eigenvalue weighted by atomic mass is 10.1. The van der Waals surface area contributed by atoms with E-state index < -0.39 is 5.82 Å². The number of halogens is 3. The van der Waals surface area contributed by atoms with Crippen LogP contribution >= 0.6 is 23.2 Å². The zero-order valence-corrected chi connectivity index (χ0v) is 13.2. The van der Waals surface area contributed by atoms with Crippen LogP contribution in [0.15, 0.2) is 42.5 Å². The van der Waals surface area contributed by atoms with Crippen LogP contribution in [0.1, 0.15) is 5.69 Å². The Morgan fingerprint density at radius 3 is 2.41 bits per heavy atom. The molecule has 0 radical (unpaired) electrons. The summed E-state index contributed by atoms with van der Waals surface area (Å²) in [6.45, 7) is 1.86. The van der Waals surface area contributed by atoms with E-state index in [1.165, 1.54) is 12.1 Å². The maximum atomic E-state index is 13.4. The van der Waals surface area contributed by atoms with E-state index >= 15 is 0 Å². The van der Waals surface area contributed by atoms with Crippen molar-refractivity contribution in [1.82, 2.24) is 9.55 Å². The number of anilines is 1. The minimum Gasteiger partial charge on any atom is -0.369 e. The smallest absolute Gasteiger partial charge is 0.205 e. The van der Waals surface area contributed by atoms with Crippen molar-refractivity contribution in [2.75, 3.05) is 5.73 Å². The molecule has 0 saturated carbocycles. The minimum absolute atomic E-state index is 0.0327. The third kappa shape index (κ3) is 2.56. The molecule has 0 spiro atoms. The lowest BCUT2D eigenvalue weighted by molar-refractivity contribution is 0.628. The maximum absolute atomic E-state index is 13.4. The predicted octanol–water partition coefficient (Wildman–Crippen LogP) is 4.88. The fraction of sp³-hybridized carbons (Fsp3) is 0.0625. The van der Waals surface area contributed by atoms with Crippen molar-refractivity contribution in [2.24, 2.45) is 0 Å². The zero-order chi connectivity index (χ0) is 15.9. The fourth-order valence-electron chi connectivity index (χ4n) is 2.38. The molecule has 3 aromatic rings. The Kier molecular flexibility index (Phi) is 3.81. The van der Waals surface area contributed by atoms with Crippen LogP contribution in [-0.2, 0) is 0 Å². The molecule has 0 aliphatic rings. The van der Waals surface area contributed by atoms with Crippen LogP contribution in [0.2, 0.25) is 10.0 Å². The van der Waals surface area contributed by atoms with E-state index in [0.717, 1.165) is 17.0 Å². The van der Waals surface area contributed by atoms with E-state index in [1.54, 1.807) is 22.8 Å². The normalized spacial score (nSPS) is 10.9. The molecule has 0 bridgehead atoms. The second-order valence-corrected chi connectivity index (χ2v) is 5.69. The van der Waals surface area contributed by atoms with Gasteiger partial charge >= 0.3 is 0 Å². The van der Waals surface area contributed by atoms with E-state index in [9.17, 15) is 4.39 Å². The van der Waals surface area contributed by atoms with Crippen LogP contribution in [-0.4, -0.2) is 9.55 Å². The topological polar surface area (TPSA) is 43.8 Å². The molecule has 0 amide bonds. The first kappa shape index (κ1) is 14.9. The Balaban J connectivity index is 2.23. The van der Waals surface area contributed by atoms with Gasteiger partial charge in [0, 0.05) is 10.6 Å². The highest BCUT2D eigenvalue weighted by atomic mass is 35.5. The van der Waals surface area contributed by atoms with Crippen molar-refractivity contribution in [3.05, 3.63) is 64.0 Å². The number of hydrogen-bond acceptors (Lipinski definition) is 2. The maximum Gasteiger partial charge on any atom is 0.205 e. The molecule has 0 unspecified atom stereocenters. The molecule has 22 heavy (non-hydrogen) atoms. The van der Waals surface area contributed by atoms with Gasteiger partial charge in [-0.3, -0.25) is 4.57 Å². The first-order valence-electron chi connectivity index (χ1n) is 6.53. The SMILES string of the molecule is Cc1nc(N)n(-c2ccc(F)c(Cl)c2)c1-c1ccc(Cl)cc1. The van der Waals surface area contributed by atoms with Gasteiger partial charge in [-0.2, -0.15) is 0 Å². The van der Waals surface area contributed by atoms with Gasteiger partial charge in [-0.25, -0.2) is 9.37 Å². The van der Waals surface area contributed by atoms with Crippen LogP contribution in [0, 0.1) is 12.7 Å². The number of aromatic nitrogens is 2. The highest BCUT2D eigenvalue weighted by molar-refractivity contribution is 6.31. The van der Waals surface area contributed by atoms with E-state index in [0.29, 0.717) is 16.7 Å². The number of hydrogen-bond donors (Lipinski definition) is 1. The number of nitrogen functional groups attached to an aromatic ring is 1. The Morgan fingerprint density at radius 2 is 1.77 bits per heavy atom. The summed E-state index contributed by atoms with van der Waals surface area (Å²) >= 11 is 11.8. The van der Waals surface area contributed by atoms with E-state index in [1.807, 2.05) is 19.1 Å². The van der Waals surface area contributed by atoms with E-state index in [2.05, 4.69) is 4.98 Å². The summed E-state index contributed by atoms with van der Waals surface area (Å²) in [5.41, 5.74) is 9.16. The molecule has 0 aliphatic heterocycles. The second kappa shape index (κ2) is 5.63. The summed E-state index contributed by atoms with van der Waals surface area (Å²) in [5, 5.41) is 0.676. The highest BCUT2D eigenvalue weighted by Gasteiger charge is 2.16. The Labute approximate surface area is 137 Å². The van der Waals surface area contributed by atoms with Gasteiger partial charge in [-0.15, -0.1) is 0 Å². The molecule has 1 heterocycles. The molecule has 112 valence electrons. The van der Waals surface area contributed by atoms with Crippen molar-refractivity contribution >= 4 is 29.2 Å². The summed E-state index contributed by atoms with van der Waals surface area (Å²) in [4.78, 5) is 4.31. The number of rotatable bonds is 2. The van der Waals surface area contributed by atoms with E-state index in [4.69, 9.17) is 28.9 Å². The number of benzene rings is 2. The van der Waals surface area contributed by atoms with Gasteiger partial charge in [0.1, 0.15) is 5.82 Å². The lowest BCUT2D eigenvalue weighted by Gasteiger charge is -2.11. The molecule has 0 aliphatic carbocycles. The second-order valence-electron chi connectivity index (χ2n) is 4.84. The number of imidazole rings is 1. The summed E-state index contributed by atoms with van der Waals surface area (Å²) in [5.74, 6) is -0.168. The molecular weight excluding hydrogens is 324 g/mol. The van der Waals surface area contributed by atoms with Gasteiger partial charge in [0.15, 0.2) is 0 Å². The third-order valence-electron chi connectivity index (χ3n) is 3.36. The van der Waals surface area contributed by atoms with Crippen LogP contribution in [0.5, 0.6) is 0 Å². The fourth-order valence-corrected chi connectivity index (χ4v) is 2.68. The van der Waals surface area contributed by atoms with Crippen molar-refractivity contribution in [2.45, 2.75) is 6.92 Å². The van der Waals surface area contributed by atoms with Crippen molar-refractivity contribution in [3.8, 4) is 16.9 Å². The van der Waals surface area contributed by atoms with Gasteiger partial charge in [0.05, 0.1) is 22.1 Å². The average molecular weight is 336 g/mol. The van der Waals surface area contributed by atoms with Gasteiger partial charge in [0.2, 0.25) is 5.95 Å². The standard InChI is InChI=1S/C16H12Cl2FN3/c1-9-15(10-2-4-11(17)5-3-10)22(16(20)21-9)12-6-7-14(19)13(18)8-12/h2-8H,1H3,(H2,20,21). The first-order chi connectivity index (χ1) is 10.5. The minimum atomic E-state index is -0.478. The van der Waals surface area contributed by atoms with Crippen molar-refractivity contribution in [1.29, 1.82) is 0 Å². The first-order valence-corrected chi connectivity index (χ1v) is 7.29. The van der Waals surface area contributed by atoms with Gasteiger partial charge < -0.3 is 5.73 Å². The molecule has 0 atom stereocenters. The van der Waals surface area contributed by atoms with Crippen molar-refractivity contribution in [3.63, 3.8) is 0 Å². The molecular formula is C16H12Cl2FN3. The van der Waals surface area contributed by atoms with Crippen LogP contribution in [0.25, 0.3) is 16.9 Å². The van der Waals surface area contributed by atoms with Crippen LogP contribution < -0.4 is 5.73 Å². The number of nitrogens with zero attached hydrogens (tertiary/aromatic N) is 2. The average Bonchev–Trinajstić information content (AvgIpc) is 2.77. The molecule has 3 rings (SSSR count). The molecule has 1 aromatic heterocycles. The third-order valence-corrected chi connectivity index (χ3v) is 3.90. The zero-order valence-electron chi connectivity index (χ0n) is 11.6. The number of aryl methyl sites for hydroxylation is 1. The summed E-state index contributed by atoms with van der Waals surface area (Å²) < 4.78 is 15.1. The monoisotopic (exact) mass is 335 g/mol. The summed E-state index contributed by atoms with van der Waals surface area (Å²) in [7, 11) is 0. The van der Waals surface area contributed by atoms with Gasteiger partial charge in [-0.1, -0.05) is 35.3 Å². The van der Waals surface area contributed by atoms with Crippen LogP contribution in [0.4, 0.5) is 10.3 Å². The highest BCUT2D eigenvalue weighted by Crippen LogP contribution is 2.31. The Bertz CT molecular complexity index is 841. The molecule has 3 nitrogen and oxygen atoms in total. The quantitative estimate of drug-likeness (QED) is 0.725. The predicted molar refractivity (Wildman–Crippen MR) is 88.1 cm³/mol.